The molecule has 0 aromatic heterocycles. The van der Waals surface area contributed by atoms with E-state index in [2.05, 4.69) is 10.6 Å². The molecule has 0 saturated carbocycles. The molecule has 8 heteroatoms. The van der Waals surface area contributed by atoms with Gasteiger partial charge in [0.25, 0.3) is 0 Å². The number of nitrogens with zero attached hydrogens (tertiary/aromatic N) is 1. The highest BCUT2D eigenvalue weighted by Gasteiger charge is 2.34. The van der Waals surface area contributed by atoms with E-state index in [4.69, 9.17) is 0 Å². The van der Waals surface area contributed by atoms with Crippen LogP contribution in [0.25, 0.3) is 0 Å². The first-order valence-electron chi connectivity index (χ1n) is 11.7. The van der Waals surface area contributed by atoms with Crippen molar-refractivity contribution in [2.75, 3.05) is 18.4 Å². The van der Waals surface area contributed by atoms with Gasteiger partial charge in [0, 0.05) is 24.7 Å². The van der Waals surface area contributed by atoms with Gasteiger partial charge < -0.3 is 10.6 Å². The fourth-order valence-electron chi connectivity index (χ4n) is 4.19. The van der Waals surface area contributed by atoms with Gasteiger partial charge in [0.05, 0.1) is 4.90 Å². The Bertz CT molecular complexity index is 1140. The van der Waals surface area contributed by atoms with E-state index in [9.17, 15) is 18.0 Å². The number of amides is 2. The van der Waals surface area contributed by atoms with Crippen LogP contribution in [0, 0.1) is 32.6 Å². The molecule has 2 aromatic carbocycles. The molecule has 7 nitrogen and oxygen atoms in total. The lowest BCUT2D eigenvalue weighted by molar-refractivity contribution is -0.130. The number of hydrogen-bond donors (Lipinski definition) is 2. The Balaban J connectivity index is 1.61. The summed E-state index contributed by atoms with van der Waals surface area (Å²) in [5.74, 6) is -0.895. The highest BCUT2D eigenvalue weighted by atomic mass is 32.2. The Hall–Kier alpha value is -2.71. The second-order valence-electron chi connectivity index (χ2n) is 9.53. The quantitative estimate of drug-likeness (QED) is 0.624. The summed E-state index contributed by atoms with van der Waals surface area (Å²) in [7, 11) is -3.58. The van der Waals surface area contributed by atoms with Gasteiger partial charge in [0.2, 0.25) is 21.8 Å². The predicted octanol–water partition coefficient (Wildman–Crippen LogP) is 3.79. The summed E-state index contributed by atoms with van der Waals surface area (Å²) in [5.41, 5.74) is 3.80. The normalized spacial score (nSPS) is 16.3. The zero-order chi connectivity index (χ0) is 25.0. The lowest BCUT2D eigenvalue weighted by Gasteiger charge is -2.32. The summed E-state index contributed by atoms with van der Waals surface area (Å²) >= 11 is 0. The zero-order valence-corrected chi connectivity index (χ0v) is 21.4. The van der Waals surface area contributed by atoms with Gasteiger partial charge in [0.1, 0.15) is 6.04 Å². The number of piperidine rings is 1. The van der Waals surface area contributed by atoms with Gasteiger partial charge in [-0.25, -0.2) is 8.42 Å². The highest BCUT2D eigenvalue weighted by molar-refractivity contribution is 7.89. The van der Waals surface area contributed by atoms with Crippen LogP contribution in [0.3, 0.4) is 0 Å². The van der Waals surface area contributed by atoms with E-state index in [1.165, 1.54) is 4.31 Å². The van der Waals surface area contributed by atoms with Gasteiger partial charge >= 0.3 is 0 Å². The minimum atomic E-state index is -3.58. The second kappa shape index (κ2) is 10.7. The van der Waals surface area contributed by atoms with E-state index in [0.29, 0.717) is 12.8 Å². The van der Waals surface area contributed by atoms with Crippen molar-refractivity contribution in [3.05, 3.63) is 59.2 Å². The molecule has 1 heterocycles. The molecule has 1 atom stereocenters. The van der Waals surface area contributed by atoms with Crippen LogP contribution in [0.15, 0.2) is 47.4 Å². The zero-order valence-electron chi connectivity index (χ0n) is 20.6. The third kappa shape index (κ3) is 6.04. The Morgan fingerprint density at radius 3 is 2.09 bits per heavy atom. The van der Waals surface area contributed by atoms with Crippen molar-refractivity contribution in [1.82, 2.24) is 9.62 Å². The van der Waals surface area contributed by atoms with Crippen molar-refractivity contribution in [2.24, 2.45) is 11.8 Å². The van der Waals surface area contributed by atoms with Gasteiger partial charge in [-0.1, -0.05) is 49.2 Å². The summed E-state index contributed by atoms with van der Waals surface area (Å²) in [5, 5.41) is 5.84. The molecule has 1 saturated heterocycles. The molecule has 2 aromatic rings. The van der Waals surface area contributed by atoms with E-state index in [1.54, 1.807) is 24.3 Å². The van der Waals surface area contributed by atoms with E-state index in [0.717, 1.165) is 22.4 Å². The maximum Gasteiger partial charge on any atom is 0.247 e. The van der Waals surface area contributed by atoms with Crippen LogP contribution in [-0.4, -0.2) is 43.7 Å². The van der Waals surface area contributed by atoms with Crippen LogP contribution in [0.4, 0.5) is 5.69 Å². The lowest BCUT2D eigenvalue weighted by Crippen LogP contribution is -2.51. The van der Waals surface area contributed by atoms with Crippen LogP contribution < -0.4 is 10.6 Å². The molecule has 0 radical (unpaired) electrons. The number of anilines is 1. The summed E-state index contributed by atoms with van der Waals surface area (Å²) in [6, 6.07) is 11.9. The molecule has 184 valence electrons. The molecule has 0 spiro atoms. The Morgan fingerprint density at radius 1 is 0.941 bits per heavy atom. The summed E-state index contributed by atoms with van der Waals surface area (Å²) in [6.07, 6.45) is 0.834. The van der Waals surface area contributed by atoms with Crippen molar-refractivity contribution < 1.29 is 18.0 Å². The number of aryl methyl sites for hydroxylation is 3. The number of hydrogen-bond acceptors (Lipinski definition) is 4. The van der Waals surface area contributed by atoms with Crippen LogP contribution in [-0.2, 0) is 19.6 Å². The molecule has 34 heavy (non-hydrogen) atoms. The fraction of sp³-hybridized carbons (Fsp3) is 0.462. The Morgan fingerprint density at radius 2 is 1.53 bits per heavy atom. The maximum atomic E-state index is 13.0. The van der Waals surface area contributed by atoms with Crippen LogP contribution in [0.5, 0.6) is 0 Å². The highest BCUT2D eigenvalue weighted by Crippen LogP contribution is 2.25. The molecular formula is C26H35N3O4S. The first kappa shape index (κ1) is 25.9. The molecule has 0 aliphatic carbocycles. The number of carbonyl (C=O) groups excluding carboxylic acids is 2. The van der Waals surface area contributed by atoms with Crippen LogP contribution in [0.1, 0.15) is 43.4 Å². The number of carbonyl (C=O) groups is 2. The van der Waals surface area contributed by atoms with Gasteiger partial charge in [-0.05, 0) is 63.3 Å². The van der Waals surface area contributed by atoms with Gasteiger partial charge in [-0.2, -0.15) is 4.31 Å². The molecule has 2 amide bonds. The van der Waals surface area contributed by atoms with Crippen LogP contribution in [0.2, 0.25) is 0 Å². The summed E-state index contributed by atoms with van der Waals surface area (Å²) in [4.78, 5) is 26.2. The van der Waals surface area contributed by atoms with Gasteiger partial charge in [-0.3, -0.25) is 9.59 Å². The summed E-state index contributed by atoms with van der Waals surface area (Å²) < 4.78 is 27.3. The smallest absolute Gasteiger partial charge is 0.247 e. The van der Waals surface area contributed by atoms with Gasteiger partial charge in [-0.15, -0.1) is 0 Å². The molecule has 1 aliphatic heterocycles. The van der Waals surface area contributed by atoms with E-state index >= 15 is 0 Å². The number of sulfonamides is 1. The SMILES string of the molecule is Cc1ccc(S(=O)(=O)N2CCC(C(=O)NC(C(=O)Nc3ccc(C)cc3C)C(C)C)CC2)cc1. The average molecular weight is 486 g/mol. The van der Waals surface area contributed by atoms with Crippen molar-refractivity contribution >= 4 is 27.5 Å². The standard InChI is InChI=1S/C26H35N3O4S/c1-17(2)24(26(31)27-23-11-8-19(4)16-20(23)5)28-25(30)21-12-14-29(15-13-21)34(32,33)22-9-6-18(3)7-10-22/h6-11,16-17,21,24H,12-15H2,1-5H3,(H,27,31)(H,28,30). The molecular weight excluding hydrogens is 450 g/mol. The summed E-state index contributed by atoms with van der Waals surface area (Å²) in [6.45, 7) is 10.2. The Labute approximate surface area is 203 Å². The topological polar surface area (TPSA) is 95.6 Å². The first-order chi connectivity index (χ1) is 16.0. The lowest BCUT2D eigenvalue weighted by atomic mass is 9.95. The predicted molar refractivity (Wildman–Crippen MR) is 134 cm³/mol. The first-order valence-corrected chi connectivity index (χ1v) is 13.2. The molecule has 1 aliphatic rings. The minimum absolute atomic E-state index is 0.100. The van der Waals surface area contributed by atoms with Crippen molar-refractivity contribution in [3.8, 4) is 0 Å². The largest absolute Gasteiger partial charge is 0.344 e. The van der Waals surface area contributed by atoms with E-state index in [-0.39, 0.29) is 41.6 Å². The fourth-order valence-corrected chi connectivity index (χ4v) is 5.66. The van der Waals surface area contributed by atoms with E-state index in [1.807, 2.05) is 52.8 Å². The number of nitrogens with one attached hydrogen (secondary N) is 2. The Kier molecular flexibility index (Phi) is 8.15. The molecule has 2 N–H and O–H groups in total. The molecule has 0 bridgehead atoms. The second-order valence-corrected chi connectivity index (χ2v) is 11.5. The van der Waals surface area contributed by atoms with E-state index < -0.39 is 16.1 Å². The monoisotopic (exact) mass is 485 g/mol. The molecule has 1 unspecified atom stereocenters. The maximum absolute atomic E-state index is 13.0. The van der Waals surface area contributed by atoms with Crippen molar-refractivity contribution in [2.45, 2.75) is 58.4 Å². The third-order valence-electron chi connectivity index (χ3n) is 6.37. The number of rotatable bonds is 7. The average Bonchev–Trinajstić information content (AvgIpc) is 2.79. The molecule has 1 fully saturated rings. The van der Waals surface area contributed by atoms with Crippen LogP contribution >= 0.6 is 0 Å². The third-order valence-corrected chi connectivity index (χ3v) is 8.28. The molecule has 3 rings (SSSR count). The minimum Gasteiger partial charge on any atom is -0.344 e. The van der Waals surface area contributed by atoms with Gasteiger partial charge in [0.15, 0.2) is 0 Å². The van der Waals surface area contributed by atoms with Crippen molar-refractivity contribution in [3.63, 3.8) is 0 Å². The number of benzene rings is 2. The van der Waals surface area contributed by atoms with Crippen molar-refractivity contribution in [1.29, 1.82) is 0 Å².